The zero-order valence-corrected chi connectivity index (χ0v) is 13.6. The fourth-order valence-corrected chi connectivity index (χ4v) is 2.71. The van der Waals surface area contributed by atoms with Gasteiger partial charge in [-0.3, -0.25) is 9.59 Å². The van der Waals surface area contributed by atoms with Gasteiger partial charge in [0.2, 0.25) is 11.8 Å². The number of nitrogens with zero attached hydrogens (tertiary/aromatic N) is 1. The minimum absolute atomic E-state index is 0.0148. The number of amides is 2. The smallest absolute Gasteiger partial charge is 0.232 e. The lowest BCUT2D eigenvalue weighted by Gasteiger charge is -2.21. The van der Waals surface area contributed by atoms with Crippen LogP contribution in [-0.2, 0) is 9.59 Å². The van der Waals surface area contributed by atoms with Crippen LogP contribution in [0.15, 0.2) is 11.6 Å². The van der Waals surface area contributed by atoms with E-state index in [1.807, 2.05) is 13.8 Å². The molecule has 1 aliphatic rings. The Morgan fingerprint density at radius 1 is 1.19 bits per heavy atom. The molecule has 0 saturated heterocycles. The molecule has 1 N–H and O–H groups in total. The Bertz CT molecular complexity index is 358. The second kappa shape index (κ2) is 10.4. The third kappa shape index (κ3) is 7.30. The normalized spacial score (nSPS) is 14.5. The van der Waals surface area contributed by atoms with Crippen LogP contribution in [0.2, 0.25) is 0 Å². The summed E-state index contributed by atoms with van der Waals surface area (Å²) < 4.78 is 0. The minimum atomic E-state index is -0.145. The van der Waals surface area contributed by atoms with Crippen molar-refractivity contribution in [3.8, 4) is 0 Å². The average Bonchev–Trinajstić information content (AvgIpc) is 2.48. The lowest BCUT2D eigenvalue weighted by atomic mass is 9.97. The van der Waals surface area contributed by atoms with Gasteiger partial charge in [-0.05, 0) is 44.9 Å². The van der Waals surface area contributed by atoms with Crippen molar-refractivity contribution >= 4 is 11.8 Å². The topological polar surface area (TPSA) is 49.4 Å². The Morgan fingerprint density at radius 3 is 2.48 bits per heavy atom. The van der Waals surface area contributed by atoms with Crippen molar-refractivity contribution in [2.24, 2.45) is 0 Å². The van der Waals surface area contributed by atoms with Crippen LogP contribution in [0.1, 0.15) is 65.2 Å². The van der Waals surface area contributed by atoms with Crippen LogP contribution in [0, 0.1) is 0 Å². The van der Waals surface area contributed by atoms with Crippen LogP contribution in [0.5, 0.6) is 0 Å². The van der Waals surface area contributed by atoms with Gasteiger partial charge in [-0.1, -0.05) is 25.5 Å². The summed E-state index contributed by atoms with van der Waals surface area (Å²) in [6.45, 7) is 6.24. The molecular weight excluding hydrogens is 264 g/mol. The molecule has 0 saturated carbocycles. The molecular formula is C17H30N2O2. The van der Waals surface area contributed by atoms with Gasteiger partial charge in [-0.25, -0.2) is 0 Å². The molecule has 0 fully saturated rings. The Labute approximate surface area is 129 Å². The van der Waals surface area contributed by atoms with Crippen molar-refractivity contribution in [1.82, 2.24) is 10.2 Å². The van der Waals surface area contributed by atoms with E-state index in [0.29, 0.717) is 6.54 Å². The van der Waals surface area contributed by atoms with Crippen molar-refractivity contribution in [3.05, 3.63) is 11.6 Å². The number of hydrogen-bond donors (Lipinski definition) is 1. The van der Waals surface area contributed by atoms with E-state index >= 15 is 0 Å². The van der Waals surface area contributed by atoms with Crippen LogP contribution in [0.3, 0.4) is 0 Å². The monoisotopic (exact) mass is 294 g/mol. The van der Waals surface area contributed by atoms with Crippen LogP contribution in [0.4, 0.5) is 0 Å². The first-order valence-corrected chi connectivity index (χ1v) is 8.39. The zero-order valence-electron chi connectivity index (χ0n) is 13.6. The van der Waals surface area contributed by atoms with E-state index in [9.17, 15) is 9.59 Å². The van der Waals surface area contributed by atoms with Crippen LogP contribution in [-0.4, -0.2) is 36.3 Å². The van der Waals surface area contributed by atoms with Gasteiger partial charge in [0.1, 0.15) is 6.42 Å². The van der Waals surface area contributed by atoms with Crippen molar-refractivity contribution in [1.29, 1.82) is 0 Å². The predicted molar refractivity (Wildman–Crippen MR) is 86.0 cm³/mol. The molecule has 0 unspecified atom stereocenters. The molecule has 21 heavy (non-hydrogen) atoms. The maximum atomic E-state index is 12.1. The minimum Gasteiger partial charge on any atom is -0.355 e. The van der Waals surface area contributed by atoms with E-state index < -0.39 is 0 Å². The summed E-state index contributed by atoms with van der Waals surface area (Å²) in [7, 11) is 0. The molecule has 0 atom stereocenters. The lowest BCUT2D eigenvalue weighted by molar-refractivity contribution is -0.136. The van der Waals surface area contributed by atoms with Gasteiger partial charge in [-0.15, -0.1) is 0 Å². The third-order valence-electron chi connectivity index (χ3n) is 3.80. The lowest BCUT2D eigenvalue weighted by Crippen LogP contribution is -2.37. The highest BCUT2D eigenvalue weighted by atomic mass is 16.2. The molecule has 4 heteroatoms. The van der Waals surface area contributed by atoms with Gasteiger partial charge < -0.3 is 10.2 Å². The average molecular weight is 294 g/mol. The van der Waals surface area contributed by atoms with Gasteiger partial charge in [0, 0.05) is 19.6 Å². The molecule has 120 valence electrons. The predicted octanol–water partition coefficient (Wildman–Crippen LogP) is 3.03. The van der Waals surface area contributed by atoms with E-state index in [1.165, 1.54) is 24.8 Å². The Hall–Kier alpha value is -1.32. The van der Waals surface area contributed by atoms with E-state index in [-0.39, 0.29) is 18.2 Å². The Morgan fingerprint density at radius 2 is 1.90 bits per heavy atom. The number of nitrogens with one attached hydrogen (secondary N) is 1. The zero-order chi connectivity index (χ0) is 15.5. The number of allylic oxidation sites excluding steroid dienone is 1. The molecule has 0 aromatic carbocycles. The molecule has 0 heterocycles. The van der Waals surface area contributed by atoms with Crippen molar-refractivity contribution in [2.45, 2.75) is 65.2 Å². The fraction of sp³-hybridized carbons (Fsp3) is 0.765. The highest BCUT2D eigenvalue weighted by Crippen LogP contribution is 2.19. The van der Waals surface area contributed by atoms with Gasteiger partial charge in [0.15, 0.2) is 0 Å². The molecule has 0 aromatic rings. The highest BCUT2D eigenvalue weighted by Gasteiger charge is 2.15. The Kier molecular flexibility index (Phi) is 8.79. The summed E-state index contributed by atoms with van der Waals surface area (Å²) in [5.41, 5.74) is 1.45. The van der Waals surface area contributed by atoms with Gasteiger partial charge in [0.25, 0.3) is 0 Å². The summed E-state index contributed by atoms with van der Waals surface area (Å²) in [6.07, 6.45) is 9.96. The second-order valence-corrected chi connectivity index (χ2v) is 5.77. The van der Waals surface area contributed by atoms with Crippen molar-refractivity contribution in [2.75, 3.05) is 19.6 Å². The largest absolute Gasteiger partial charge is 0.355 e. The highest BCUT2D eigenvalue weighted by molar-refractivity contribution is 5.96. The van der Waals surface area contributed by atoms with E-state index in [4.69, 9.17) is 0 Å². The summed E-state index contributed by atoms with van der Waals surface area (Å²) in [4.78, 5) is 25.7. The maximum Gasteiger partial charge on any atom is 0.232 e. The van der Waals surface area contributed by atoms with Crippen LogP contribution >= 0.6 is 0 Å². The molecule has 4 nitrogen and oxygen atoms in total. The van der Waals surface area contributed by atoms with Gasteiger partial charge in [0.05, 0.1) is 0 Å². The second-order valence-electron chi connectivity index (χ2n) is 5.77. The first-order valence-electron chi connectivity index (χ1n) is 8.39. The molecule has 1 aliphatic carbocycles. The summed E-state index contributed by atoms with van der Waals surface area (Å²) >= 11 is 0. The van der Waals surface area contributed by atoms with Gasteiger partial charge in [-0.2, -0.15) is 0 Å². The molecule has 0 aliphatic heterocycles. The Balaban J connectivity index is 2.25. The number of carbonyl (C=O) groups excluding carboxylic acids is 2. The molecule has 0 radical (unpaired) electrons. The van der Waals surface area contributed by atoms with Crippen molar-refractivity contribution in [3.63, 3.8) is 0 Å². The van der Waals surface area contributed by atoms with E-state index in [0.717, 1.165) is 38.8 Å². The summed E-state index contributed by atoms with van der Waals surface area (Å²) in [5.74, 6) is -0.193. The standard InChI is InChI=1S/C17H30N2O2/c1-3-12-19(13-4-2)17(21)14-16(20)18-11-10-15-8-6-5-7-9-15/h8H,3-7,9-14H2,1-2H3,(H,18,20). The van der Waals surface area contributed by atoms with E-state index in [2.05, 4.69) is 11.4 Å². The van der Waals surface area contributed by atoms with Gasteiger partial charge >= 0.3 is 0 Å². The first kappa shape index (κ1) is 17.7. The van der Waals surface area contributed by atoms with E-state index in [1.54, 1.807) is 4.90 Å². The molecule has 0 spiro atoms. The third-order valence-corrected chi connectivity index (χ3v) is 3.80. The maximum absolute atomic E-state index is 12.1. The van der Waals surface area contributed by atoms with Crippen LogP contribution in [0.25, 0.3) is 0 Å². The number of rotatable bonds is 9. The molecule has 2 amide bonds. The number of hydrogen-bond acceptors (Lipinski definition) is 2. The quantitative estimate of drug-likeness (QED) is 0.525. The molecule has 1 rings (SSSR count). The summed E-state index contributed by atoms with van der Waals surface area (Å²) in [6, 6.07) is 0. The molecule has 0 bridgehead atoms. The number of carbonyl (C=O) groups is 2. The summed E-state index contributed by atoms with van der Waals surface area (Å²) in [5, 5.41) is 2.87. The van der Waals surface area contributed by atoms with Crippen LogP contribution < -0.4 is 5.32 Å². The SMILES string of the molecule is CCCN(CCC)C(=O)CC(=O)NCCC1=CCCCC1. The van der Waals surface area contributed by atoms with Crippen molar-refractivity contribution < 1.29 is 9.59 Å². The fourth-order valence-electron chi connectivity index (χ4n) is 2.71. The first-order chi connectivity index (χ1) is 10.2. The molecule has 0 aromatic heterocycles.